The van der Waals surface area contributed by atoms with Gasteiger partial charge in [-0.1, -0.05) is 12.1 Å². The molecule has 2 N–H and O–H groups in total. The van der Waals surface area contributed by atoms with Crippen molar-refractivity contribution >= 4 is 23.0 Å². The van der Waals surface area contributed by atoms with E-state index >= 15 is 0 Å². The highest BCUT2D eigenvalue weighted by molar-refractivity contribution is 7.12. The van der Waals surface area contributed by atoms with Gasteiger partial charge < -0.3 is 10.6 Å². The van der Waals surface area contributed by atoms with Gasteiger partial charge in [-0.15, -0.1) is 11.3 Å². The van der Waals surface area contributed by atoms with Crippen LogP contribution in [0.4, 0.5) is 8.78 Å². The van der Waals surface area contributed by atoms with Gasteiger partial charge in [0.2, 0.25) is 5.91 Å². The second-order valence-corrected chi connectivity index (χ2v) is 7.30. The van der Waals surface area contributed by atoms with E-state index < -0.39 is 11.6 Å². The summed E-state index contributed by atoms with van der Waals surface area (Å²) in [6.45, 7) is 1.29. The molecule has 1 aromatic carbocycles. The molecule has 1 aliphatic heterocycles. The number of thiophene rings is 1. The first kappa shape index (κ1) is 18.7. The summed E-state index contributed by atoms with van der Waals surface area (Å²) in [4.78, 5) is 24.9. The van der Waals surface area contributed by atoms with Crippen molar-refractivity contribution in [3.05, 3.63) is 57.8 Å². The first-order chi connectivity index (χ1) is 12.5. The number of carbonyl (C=O) groups excluding carboxylic acids is 2. The molecule has 4 nitrogen and oxygen atoms in total. The Morgan fingerprint density at radius 1 is 1.19 bits per heavy atom. The van der Waals surface area contributed by atoms with Crippen molar-refractivity contribution in [2.45, 2.75) is 31.2 Å². The summed E-state index contributed by atoms with van der Waals surface area (Å²) in [7, 11) is 0. The third-order valence-corrected chi connectivity index (χ3v) is 5.49. The maximum atomic E-state index is 13.6. The summed E-state index contributed by atoms with van der Waals surface area (Å²) in [6, 6.07) is 7.20. The van der Waals surface area contributed by atoms with Crippen molar-refractivity contribution in [3.63, 3.8) is 0 Å². The van der Waals surface area contributed by atoms with Crippen LogP contribution in [0.3, 0.4) is 0 Å². The van der Waals surface area contributed by atoms with Gasteiger partial charge in [-0.05, 0) is 42.1 Å². The van der Waals surface area contributed by atoms with Crippen LogP contribution in [0.25, 0.3) is 0 Å². The predicted molar refractivity (Wildman–Crippen MR) is 96.4 cm³/mol. The number of piperidine rings is 1. The van der Waals surface area contributed by atoms with Gasteiger partial charge >= 0.3 is 0 Å². The molecule has 0 radical (unpaired) electrons. The highest BCUT2D eigenvalue weighted by Crippen LogP contribution is 2.27. The Bertz CT molecular complexity index is 780. The fraction of sp³-hybridized carbons (Fsp3) is 0.368. The highest BCUT2D eigenvalue weighted by atomic mass is 32.1. The number of amides is 1. The average molecular weight is 378 g/mol. The van der Waals surface area contributed by atoms with Gasteiger partial charge in [-0.3, -0.25) is 9.59 Å². The maximum Gasteiger partial charge on any atom is 0.220 e. The molecule has 2 unspecified atom stereocenters. The molecule has 2 atom stereocenters. The van der Waals surface area contributed by atoms with E-state index in [9.17, 15) is 18.4 Å². The third-order valence-electron chi connectivity index (χ3n) is 4.58. The van der Waals surface area contributed by atoms with E-state index in [0.29, 0.717) is 23.4 Å². The molecule has 1 aliphatic rings. The van der Waals surface area contributed by atoms with E-state index in [4.69, 9.17) is 0 Å². The number of Topliss-reactive ketones (excluding diaryl/α,β-unsaturated/α-hetero) is 1. The van der Waals surface area contributed by atoms with Crippen molar-refractivity contribution < 1.29 is 18.4 Å². The summed E-state index contributed by atoms with van der Waals surface area (Å²) in [5.74, 6) is -2.11. The number of hydrogen-bond donors (Lipinski definition) is 2. The third kappa shape index (κ3) is 4.53. The zero-order chi connectivity index (χ0) is 18.5. The molecule has 1 aromatic heterocycles. The topological polar surface area (TPSA) is 58.2 Å². The zero-order valence-corrected chi connectivity index (χ0v) is 15.0. The van der Waals surface area contributed by atoms with Crippen LogP contribution in [0.2, 0.25) is 0 Å². The van der Waals surface area contributed by atoms with E-state index in [1.165, 1.54) is 17.4 Å². The standard InChI is InChI=1S/C19H20F2N2O2S/c20-14-4-3-12(10-15(14)21)13-7-8-22-11-16(13)23-19(25)6-5-17(24)18-2-1-9-26-18/h1-4,9-10,13,16,22H,5-8,11H2,(H,23,25). The molecule has 0 saturated carbocycles. The number of benzene rings is 1. The lowest BCUT2D eigenvalue weighted by atomic mass is 9.86. The fourth-order valence-electron chi connectivity index (χ4n) is 3.22. The van der Waals surface area contributed by atoms with Gasteiger partial charge in [0.1, 0.15) is 0 Å². The van der Waals surface area contributed by atoms with Crippen LogP contribution >= 0.6 is 11.3 Å². The van der Waals surface area contributed by atoms with Gasteiger partial charge in [0, 0.05) is 31.3 Å². The van der Waals surface area contributed by atoms with Crippen LogP contribution in [0, 0.1) is 11.6 Å². The number of carbonyl (C=O) groups is 2. The fourth-order valence-corrected chi connectivity index (χ4v) is 3.91. The van der Waals surface area contributed by atoms with Gasteiger partial charge in [-0.25, -0.2) is 8.78 Å². The van der Waals surface area contributed by atoms with Crippen LogP contribution in [0.1, 0.15) is 40.4 Å². The Morgan fingerprint density at radius 3 is 2.77 bits per heavy atom. The lowest BCUT2D eigenvalue weighted by Crippen LogP contribution is -2.50. The number of halogens is 2. The summed E-state index contributed by atoms with van der Waals surface area (Å²) in [6.07, 6.45) is 0.976. The highest BCUT2D eigenvalue weighted by Gasteiger charge is 2.28. The number of nitrogens with one attached hydrogen (secondary N) is 2. The second-order valence-electron chi connectivity index (χ2n) is 6.35. The molecule has 0 bridgehead atoms. The molecule has 3 rings (SSSR count). The van der Waals surface area contributed by atoms with E-state index in [1.807, 2.05) is 5.38 Å². The molecular formula is C19H20F2N2O2S. The summed E-state index contributed by atoms with van der Waals surface area (Å²) < 4.78 is 26.7. The van der Waals surface area contributed by atoms with E-state index in [1.54, 1.807) is 18.2 Å². The Hall–Kier alpha value is -2.12. The minimum Gasteiger partial charge on any atom is -0.351 e. The molecule has 2 heterocycles. The van der Waals surface area contributed by atoms with E-state index in [0.717, 1.165) is 12.6 Å². The molecule has 1 saturated heterocycles. The van der Waals surface area contributed by atoms with Crippen LogP contribution in [0.15, 0.2) is 35.7 Å². The SMILES string of the molecule is O=C(CCC(=O)c1cccs1)NC1CNCCC1c1ccc(F)c(F)c1. The van der Waals surface area contributed by atoms with E-state index in [2.05, 4.69) is 10.6 Å². The Morgan fingerprint density at radius 2 is 2.04 bits per heavy atom. The Labute approximate surface area is 154 Å². The second kappa shape index (κ2) is 8.51. The molecule has 1 amide bonds. The number of hydrogen-bond acceptors (Lipinski definition) is 4. The molecular weight excluding hydrogens is 358 g/mol. The van der Waals surface area contributed by atoms with Crippen LogP contribution in [0.5, 0.6) is 0 Å². The lowest BCUT2D eigenvalue weighted by Gasteiger charge is -2.33. The molecule has 26 heavy (non-hydrogen) atoms. The first-order valence-corrected chi connectivity index (χ1v) is 9.44. The summed E-state index contributed by atoms with van der Waals surface area (Å²) >= 11 is 1.36. The van der Waals surface area contributed by atoms with Crippen molar-refractivity contribution in [2.75, 3.05) is 13.1 Å². The normalized spacial score (nSPS) is 19.9. The molecule has 2 aromatic rings. The van der Waals surface area contributed by atoms with Crippen molar-refractivity contribution in [2.24, 2.45) is 0 Å². The van der Waals surface area contributed by atoms with Crippen LogP contribution in [-0.2, 0) is 4.79 Å². The van der Waals surface area contributed by atoms with Gasteiger partial charge in [0.15, 0.2) is 17.4 Å². The molecule has 138 valence electrons. The smallest absolute Gasteiger partial charge is 0.220 e. The van der Waals surface area contributed by atoms with Crippen LogP contribution < -0.4 is 10.6 Å². The van der Waals surface area contributed by atoms with Gasteiger partial charge in [0.05, 0.1) is 4.88 Å². The number of rotatable bonds is 6. The molecule has 0 spiro atoms. The van der Waals surface area contributed by atoms with E-state index in [-0.39, 0.29) is 36.5 Å². The molecule has 1 fully saturated rings. The van der Waals surface area contributed by atoms with Crippen molar-refractivity contribution in [1.82, 2.24) is 10.6 Å². The largest absolute Gasteiger partial charge is 0.351 e. The minimum atomic E-state index is -0.882. The summed E-state index contributed by atoms with van der Waals surface area (Å²) in [5, 5.41) is 7.97. The van der Waals surface area contributed by atoms with Crippen LogP contribution in [-0.4, -0.2) is 30.8 Å². The molecule has 0 aliphatic carbocycles. The van der Waals surface area contributed by atoms with Gasteiger partial charge in [-0.2, -0.15) is 0 Å². The van der Waals surface area contributed by atoms with Crippen molar-refractivity contribution in [3.8, 4) is 0 Å². The predicted octanol–water partition coefficient (Wildman–Crippen LogP) is 3.25. The first-order valence-electron chi connectivity index (χ1n) is 8.56. The zero-order valence-electron chi connectivity index (χ0n) is 14.1. The summed E-state index contributed by atoms with van der Waals surface area (Å²) in [5.41, 5.74) is 0.672. The lowest BCUT2D eigenvalue weighted by molar-refractivity contribution is -0.122. The minimum absolute atomic E-state index is 0.0472. The Balaban J connectivity index is 1.60. The van der Waals surface area contributed by atoms with Crippen molar-refractivity contribution in [1.29, 1.82) is 0 Å². The maximum absolute atomic E-state index is 13.6. The average Bonchev–Trinajstić information content (AvgIpc) is 3.17. The number of ketones is 1. The Kier molecular flexibility index (Phi) is 6.11. The van der Waals surface area contributed by atoms with Gasteiger partial charge in [0.25, 0.3) is 0 Å². The quantitative estimate of drug-likeness (QED) is 0.759. The monoisotopic (exact) mass is 378 g/mol. The molecule has 7 heteroatoms.